The normalized spacial score (nSPS) is 22.4. The zero-order chi connectivity index (χ0) is 17.4. The van der Waals surface area contributed by atoms with Gasteiger partial charge in [0.1, 0.15) is 0 Å². The summed E-state index contributed by atoms with van der Waals surface area (Å²) in [4.78, 5) is 19.5. The van der Waals surface area contributed by atoms with Gasteiger partial charge in [0.25, 0.3) is 0 Å². The van der Waals surface area contributed by atoms with E-state index < -0.39 is 0 Å². The zero-order valence-corrected chi connectivity index (χ0v) is 15.8. The van der Waals surface area contributed by atoms with E-state index in [4.69, 9.17) is 4.74 Å². The van der Waals surface area contributed by atoms with Gasteiger partial charge in [-0.25, -0.2) is 4.79 Å². The number of amides is 2. The molecule has 6 nitrogen and oxygen atoms in total. The van der Waals surface area contributed by atoms with Crippen LogP contribution in [0.15, 0.2) is 0 Å². The highest BCUT2D eigenvalue weighted by Gasteiger charge is 2.24. The summed E-state index contributed by atoms with van der Waals surface area (Å²) in [5.41, 5.74) is 0. The van der Waals surface area contributed by atoms with Crippen LogP contribution in [0.25, 0.3) is 0 Å². The molecule has 1 unspecified atom stereocenters. The molecule has 2 aliphatic heterocycles. The molecule has 0 aliphatic carbocycles. The van der Waals surface area contributed by atoms with Gasteiger partial charge < -0.3 is 19.9 Å². The maximum absolute atomic E-state index is 12.6. The molecule has 2 saturated heterocycles. The Hall–Kier alpha value is -0.850. The highest BCUT2D eigenvalue weighted by molar-refractivity contribution is 5.74. The molecule has 0 spiro atoms. The van der Waals surface area contributed by atoms with Crippen molar-refractivity contribution in [1.29, 1.82) is 0 Å². The van der Waals surface area contributed by atoms with Gasteiger partial charge in [-0.2, -0.15) is 0 Å². The average Bonchev–Trinajstić information content (AvgIpc) is 2.84. The van der Waals surface area contributed by atoms with Crippen LogP contribution in [-0.2, 0) is 4.74 Å². The van der Waals surface area contributed by atoms with E-state index in [0.29, 0.717) is 12.0 Å². The first-order valence-corrected chi connectivity index (χ1v) is 9.67. The lowest BCUT2D eigenvalue weighted by molar-refractivity contribution is 0.0127. The number of carbonyl (C=O) groups is 1. The first kappa shape index (κ1) is 19.5. The Morgan fingerprint density at radius 3 is 2.50 bits per heavy atom. The molecule has 0 aromatic heterocycles. The molecule has 1 atom stereocenters. The lowest BCUT2D eigenvalue weighted by atomic mass is 10.0. The van der Waals surface area contributed by atoms with Gasteiger partial charge in [-0.3, -0.25) is 4.90 Å². The number of likely N-dealkylation sites (N-methyl/N-ethyl adjacent to an activating group) is 1. The topological polar surface area (TPSA) is 48.0 Å². The van der Waals surface area contributed by atoms with Gasteiger partial charge in [-0.15, -0.1) is 0 Å². The number of hydrogen-bond acceptors (Lipinski definition) is 4. The Bertz CT molecular complexity index is 372. The molecule has 2 fully saturated rings. The SMILES string of the molecule is CCN1CCCN(C(=O)NCC(CC(C)C)N2CCOCC2)CC1. The van der Waals surface area contributed by atoms with Crippen LogP contribution in [0.1, 0.15) is 33.6 Å². The maximum Gasteiger partial charge on any atom is 0.317 e. The molecule has 24 heavy (non-hydrogen) atoms. The largest absolute Gasteiger partial charge is 0.379 e. The third-order valence-electron chi connectivity index (χ3n) is 5.12. The summed E-state index contributed by atoms with van der Waals surface area (Å²) in [6.07, 6.45) is 2.18. The Kier molecular flexibility index (Phi) is 8.29. The van der Waals surface area contributed by atoms with Gasteiger partial charge in [-0.05, 0) is 31.8 Å². The highest BCUT2D eigenvalue weighted by Crippen LogP contribution is 2.13. The van der Waals surface area contributed by atoms with E-state index >= 15 is 0 Å². The van der Waals surface area contributed by atoms with Crippen LogP contribution in [0, 0.1) is 5.92 Å². The predicted octanol–water partition coefficient (Wildman–Crippen LogP) is 1.47. The number of morpholine rings is 1. The van der Waals surface area contributed by atoms with E-state index in [1.54, 1.807) is 0 Å². The smallest absolute Gasteiger partial charge is 0.317 e. The number of urea groups is 1. The Morgan fingerprint density at radius 1 is 1.08 bits per heavy atom. The van der Waals surface area contributed by atoms with Gasteiger partial charge >= 0.3 is 6.03 Å². The van der Waals surface area contributed by atoms with Crippen LogP contribution in [0.4, 0.5) is 4.79 Å². The second kappa shape index (κ2) is 10.2. The van der Waals surface area contributed by atoms with Crippen molar-refractivity contribution in [2.24, 2.45) is 5.92 Å². The Labute approximate surface area is 147 Å². The second-order valence-corrected chi connectivity index (χ2v) is 7.39. The molecule has 2 rings (SSSR count). The quantitative estimate of drug-likeness (QED) is 0.795. The van der Waals surface area contributed by atoms with Gasteiger partial charge in [0.05, 0.1) is 13.2 Å². The summed E-state index contributed by atoms with van der Waals surface area (Å²) in [5, 5.41) is 3.20. The summed E-state index contributed by atoms with van der Waals surface area (Å²) < 4.78 is 5.47. The van der Waals surface area contributed by atoms with Crippen LogP contribution in [0.5, 0.6) is 0 Å². The lowest BCUT2D eigenvalue weighted by Crippen LogP contribution is -2.51. The van der Waals surface area contributed by atoms with Crippen molar-refractivity contribution in [2.45, 2.75) is 39.7 Å². The molecule has 2 amide bonds. The van der Waals surface area contributed by atoms with Gasteiger partial charge in [0.2, 0.25) is 0 Å². The van der Waals surface area contributed by atoms with E-state index in [1.165, 1.54) is 0 Å². The highest BCUT2D eigenvalue weighted by atomic mass is 16.5. The molecule has 1 N–H and O–H groups in total. The summed E-state index contributed by atoms with van der Waals surface area (Å²) in [5.74, 6) is 0.631. The summed E-state index contributed by atoms with van der Waals surface area (Å²) in [6.45, 7) is 15.9. The summed E-state index contributed by atoms with van der Waals surface area (Å²) in [7, 11) is 0. The van der Waals surface area contributed by atoms with Gasteiger partial charge in [-0.1, -0.05) is 20.8 Å². The number of ether oxygens (including phenoxy) is 1. The molecule has 0 saturated carbocycles. The average molecular weight is 341 g/mol. The van der Waals surface area contributed by atoms with Crippen LogP contribution in [0.2, 0.25) is 0 Å². The minimum Gasteiger partial charge on any atom is -0.379 e. The fourth-order valence-electron chi connectivity index (χ4n) is 3.66. The van der Waals surface area contributed by atoms with Gasteiger partial charge in [0, 0.05) is 45.3 Å². The third kappa shape index (κ3) is 6.22. The van der Waals surface area contributed by atoms with Crippen LogP contribution >= 0.6 is 0 Å². The fraction of sp³-hybridized carbons (Fsp3) is 0.944. The van der Waals surface area contributed by atoms with Crippen molar-refractivity contribution in [3.8, 4) is 0 Å². The van der Waals surface area contributed by atoms with E-state index in [2.05, 4.69) is 35.9 Å². The van der Waals surface area contributed by atoms with Crippen molar-refractivity contribution in [3.63, 3.8) is 0 Å². The lowest BCUT2D eigenvalue weighted by Gasteiger charge is -2.36. The summed E-state index contributed by atoms with van der Waals surface area (Å²) in [6, 6.07) is 0.520. The zero-order valence-electron chi connectivity index (χ0n) is 15.8. The number of nitrogens with zero attached hydrogens (tertiary/aromatic N) is 3. The first-order chi connectivity index (χ1) is 11.6. The van der Waals surface area contributed by atoms with Crippen molar-refractivity contribution >= 4 is 6.03 Å². The second-order valence-electron chi connectivity index (χ2n) is 7.39. The molecule has 2 heterocycles. The monoisotopic (exact) mass is 340 g/mol. The predicted molar refractivity (Wildman–Crippen MR) is 97.3 cm³/mol. The number of nitrogens with one attached hydrogen (secondary N) is 1. The molecule has 140 valence electrons. The Balaban J connectivity index is 1.82. The molecular formula is C18H36N4O2. The van der Waals surface area contributed by atoms with E-state index in [1.807, 2.05) is 4.90 Å². The van der Waals surface area contributed by atoms with Crippen LogP contribution in [-0.4, -0.2) is 92.3 Å². The standard InChI is InChI=1S/C18H36N4O2/c1-4-20-6-5-7-22(9-8-20)18(23)19-15-17(14-16(2)3)21-10-12-24-13-11-21/h16-17H,4-15H2,1-3H3,(H,19,23). The van der Waals surface area contributed by atoms with E-state index in [0.717, 1.165) is 78.4 Å². The molecule has 6 heteroatoms. The van der Waals surface area contributed by atoms with Crippen LogP contribution < -0.4 is 5.32 Å². The molecule has 2 aliphatic rings. The Morgan fingerprint density at radius 2 is 1.83 bits per heavy atom. The number of rotatable bonds is 6. The molecule has 0 radical (unpaired) electrons. The maximum atomic E-state index is 12.6. The number of hydrogen-bond donors (Lipinski definition) is 1. The molecule has 0 bridgehead atoms. The van der Waals surface area contributed by atoms with Crippen LogP contribution in [0.3, 0.4) is 0 Å². The van der Waals surface area contributed by atoms with E-state index in [9.17, 15) is 4.79 Å². The van der Waals surface area contributed by atoms with Crippen molar-refractivity contribution in [2.75, 3.05) is 65.6 Å². The number of carbonyl (C=O) groups excluding carboxylic acids is 1. The van der Waals surface area contributed by atoms with E-state index in [-0.39, 0.29) is 6.03 Å². The summed E-state index contributed by atoms with van der Waals surface area (Å²) >= 11 is 0. The third-order valence-corrected chi connectivity index (χ3v) is 5.12. The minimum atomic E-state index is 0.106. The van der Waals surface area contributed by atoms with Crippen molar-refractivity contribution in [3.05, 3.63) is 0 Å². The molecular weight excluding hydrogens is 304 g/mol. The van der Waals surface area contributed by atoms with Crippen molar-refractivity contribution < 1.29 is 9.53 Å². The first-order valence-electron chi connectivity index (χ1n) is 9.67. The van der Waals surface area contributed by atoms with Crippen molar-refractivity contribution in [1.82, 2.24) is 20.0 Å². The minimum absolute atomic E-state index is 0.106. The molecule has 0 aromatic rings. The van der Waals surface area contributed by atoms with Gasteiger partial charge in [0.15, 0.2) is 0 Å². The molecule has 0 aromatic carbocycles. The fourth-order valence-corrected chi connectivity index (χ4v) is 3.66.